The Labute approximate surface area is 104 Å². The Morgan fingerprint density at radius 3 is 2.89 bits per heavy atom. The molecule has 0 aliphatic heterocycles. The number of nitrogens with zero attached hydrogens (tertiary/aromatic N) is 3. The first kappa shape index (κ1) is 12.7. The number of rotatable bonds is 5. The molecule has 0 unspecified atom stereocenters. The minimum Gasteiger partial charge on any atom is -0.390 e. The third kappa shape index (κ3) is 2.58. The number of H-pyrrole nitrogens is 1. The lowest BCUT2D eigenvalue weighted by Crippen LogP contribution is -2.23. The van der Waals surface area contributed by atoms with Gasteiger partial charge in [-0.25, -0.2) is 18.1 Å². The Morgan fingerprint density at radius 1 is 1.56 bits per heavy atom. The second kappa shape index (κ2) is 4.88. The van der Waals surface area contributed by atoms with Crippen molar-refractivity contribution in [3.8, 4) is 0 Å². The SMILES string of the molecule is Cn1cc(S(=O)(=O)NCc2ncn[nH]2)cc1CO. The molecule has 2 aromatic rings. The quantitative estimate of drug-likeness (QED) is 0.653. The fourth-order valence-corrected chi connectivity index (χ4v) is 2.53. The molecule has 2 heterocycles. The summed E-state index contributed by atoms with van der Waals surface area (Å²) < 4.78 is 27.8. The average molecular weight is 271 g/mol. The molecule has 3 N–H and O–H groups in total. The molecule has 18 heavy (non-hydrogen) atoms. The molecule has 8 nitrogen and oxygen atoms in total. The van der Waals surface area contributed by atoms with Crippen LogP contribution in [-0.4, -0.2) is 33.3 Å². The number of aromatic nitrogens is 4. The number of aromatic amines is 1. The molecule has 2 aromatic heterocycles. The van der Waals surface area contributed by atoms with E-state index in [1.165, 1.54) is 18.6 Å². The van der Waals surface area contributed by atoms with E-state index in [1.807, 2.05) is 0 Å². The summed E-state index contributed by atoms with van der Waals surface area (Å²) in [5, 5.41) is 15.2. The van der Waals surface area contributed by atoms with Crippen LogP contribution < -0.4 is 4.72 Å². The van der Waals surface area contributed by atoms with Crippen LogP contribution in [0.3, 0.4) is 0 Å². The highest BCUT2D eigenvalue weighted by atomic mass is 32.2. The highest BCUT2D eigenvalue weighted by Crippen LogP contribution is 2.13. The van der Waals surface area contributed by atoms with E-state index in [0.717, 1.165) is 0 Å². The van der Waals surface area contributed by atoms with Crippen molar-refractivity contribution in [3.05, 3.63) is 30.1 Å². The van der Waals surface area contributed by atoms with Gasteiger partial charge in [0.1, 0.15) is 12.2 Å². The predicted octanol–water partition coefficient (Wildman–Crippen LogP) is -0.886. The van der Waals surface area contributed by atoms with Crippen molar-refractivity contribution in [2.45, 2.75) is 18.0 Å². The van der Waals surface area contributed by atoms with Crippen molar-refractivity contribution in [2.75, 3.05) is 0 Å². The standard InChI is InChI=1S/C9H13N5O3S/c1-14-4-8(2-7(14)5-15)18(16,17)12-3-9-10-6-11-13-9/h2,4,6,12,15H,3,5H2,1H3,(H,10,11,13). The number of hydrogen-bond donors (Lipinski definition) is 3. The van der Waals surface area contributed by atoms with Crippen molar-refractivity contribution in [1.82, 2.24) is 24.5 Å². The second-order valence-electron chi connectivity index (χ2n) is 3.69. The Bertz CT molecular complexity index is 617. The highest BCUT2D eigenvalue weighted by molar-refractivity contribution is 7.89. The van der Waals surface area contributed by atoms with E-state index in [4.69, 9.17) is 5.11 Å². The lowest BCUT2D eigenvalue weighted by Gasteiger charge is -2.02. The smallest absolute Gasteiger partial charge is 0.242 e. The van der Waals surface area contributed by atoms with Gasteiger partial charge in [0, 0.05) is 18.9 Å². The first-order chi connectivity index (χ1) is 8.53. The number of nitrogens with one attached hydrogen (secondary N) is 2. The molecule has 0 saturated heterocycles. The summed E-state index contributed by atoms with van der Waals surface area (Å²) in [4.78, 5) is 3.92. The van der Waals surface area contributed by atoms with Crippen molar-refractivity contribution in [3.63, 3.8) is 0 Å². The third-order valence-corrected chi connectivity index (χ3v) is 3.82. The van der Waals surface area contributed by atoms with Gasteiger partial charge in [-0.15, -0.1) is 0 Å². The monoisotopic (exact) mass is 271 g/mol. The van der Waals surface area contributed by atoms with Gasteiger partial charge in [-0.1, -0.05) is 0 Å². The van der Waals surface area contributed by atoms with Crippen LogP contribution in [0.1, 0.15) is 11.5 Å². The number of aliphatic hydroxyl groups excluding tert-OH is 1. The van der Waals surface area contributed by atoms with Crippen LogP contribution >= 0.6 is 0 Å². The molecule has 0 aliphatic carbocycles. The fraction of sp³-hybridized carbons (Fsp3) is 0.333. The van der Waals surface area contributed by atoms with E-state index >= 15 is 0 Å². The maximum atomic E-state index is 11.9. The summed E-state index contributed by atoms with van der Waals surface area (Å²) in [6.45, 7) is -0.181. The third-order valence-electron chi connectivity index (χ3n) is 2.45. The summed E-state index contributed by atoms with van der Waals surface area (Å²) in [7, 11) is -1.95. The molecule has 0 atom stereocenters. The van der Waals surface area contributed by atoms with Gasteiger partial charge >= 0.3 is 0 Å². The number of aryl methyl sites for hydroxylation is 1. The van der Waals surface area contributed by atoms with E-state index in [-0.39, 0.29) is 18.0 Å². The molecular weight excluding hydrogens is 258 g/mol. The van der Waals surface area contributed by atoms with Crippen molar-refractivity contribution >= 4 is 10.0 Å². The first-order valence-corrected chi connectivity index (χ1v) is 6.61. The maximum Gasteiger partial charge on any atom is 0.242 e. The Hall–Kier alpha value is -1.71. The van der Waals surface area contributed by atoms with Gasteiger partial charge < -0.3 is 9.67 Å². The molecule has 0 amide bonds. The first-order valence-electron chi connectivity index (χ1n) is 5.13. The molecule has 2 rings (SSSR count). The van der Waals surface area contributed by atoms with E-state index in [9.17, 15) is 8.42 Å². The fourth-order valence-electron chi connectivity index (χ4n) is 1.44. The Kier molecular flexibility index (Phi) is 3.45. The van der Waals surface area contributed by atoms with Crippen LogP contribution in [0, 0.1) is 0 Å². The van der Waals surface area contributed by atoms with Gasteiger partial charge in [0.25, 0.3) is 0 Å². The normalized spacial score (nSPS) is 11.9. The van der Waals surface area contributed by atoms with Crippen LogP contribution in [0.4, 0.5) is 0 Å². The summed E-state index contributed by atoms with van der Waals surface area (Å²) >= 11 is 0. The van der Waals surface area contributed by atoms with Gasteiger partial charge in [0.2, 0.25) is 10.0 Å². The molecule has 9 heteroatoms. The van der Waals surface area contributed by atoms with Crippen molar-refractivity contribution in [1.29, 1.82) is 0 Å². The van der Waals surface area contributed by atoms with Gasteiger partial charge in [0.05, 0.1) is 18.0 Å². The van der Waals surface area contributed by atoms with E-state index in [0.29, 0.717) is 11.5 Å². The maximum absolute atomic E-state index is 11.9. The van der Waals surface area contributed by atoms with Crippen LogP contribution in [0.15, 0.2) is 23.5 Å². The molecule has 0 saturated carbocycles. The van der Waals surface area contributed by atoms with E-state index < -0.39 is 10.0 Å². The summed E-state index contributed by atoms with van der Waals surface area (Å²) in [5.41, 5.74) is 0.523. The topological polar surface area (TPSA) is 113 Å². The molecule has 0 radical (unpaired) electrons. The number of sulfonamides is 1. The van der Waals surface area contributed by atoms with Crippen molar-refractivity contribution < 1.29 is 13.5 Å². The largest absolute Gasteiger partial charge is 0.390 e. The van der Waals surface area contributed by atoms with Gasteiger partial charge in [-0.3, -0.25) is 5.10 Å². The number of aliphatic hydroxyl groups is 1. The van der Waals surface area contributed by atoms with Gasteiger partial charge in [-0.05, 0) is 6.07 Å². The molecular formula is C9H13N5O3S. The average Bonchev–Trinajstić information content (AvgIpc) is 2.95. The molecule has 0 spiro atoms. The zero-order chi connectivity index (χ0) is 13.2. The van der Waals surface area contributed by atoms with E-state index in [1.54, 1.807) is 11.6 Å². The predicted molar refractivity (Wildman–Crippen MR) is 61.7 cm³/mol. The summed E-state index contributed by atoms with van der Waals surface area (Å²) in [6, 6.07) is 1.42. The van der Waals surface area contributed by atoms with Crippen LogP contribution in [0.5, 0.6) is 0 Å². The minimum absolute atomic E-state index is 0.0334. The minimum atomic E-state index is -3.62. The Balaban J connectivity index is 2.14. The zero-order valence-electron chi connectivity index (χ0n) is 9.66. The number of hydrogen-bond acceptors (Lipinski definition) is 5. The lowest BCUT2D eigenvalue weighted by molar-refractivity contribution is 0.272. The molecule has 0 aromatic carbocycles. The summed E-state index contributed by atoms with van der Waals surface area (Å²) in [6.07, 6.45) is 2.74. The Morgan fingerprint density at radius 2 is 2.33 bits per heavy atom. The van der Waals surface area contributed by atoms with Gasteiger partial charge in [-0.2, -0.15) is 5.10 Å². The van der Waals surface area contributed by atoms with Gasteiger partial charge in [0.15, 0.2) is 0 Å². The van der Waals surface area contributed by atoms with Crippen LogP contribution in [0.2, 0.25) is 0 Å². The molecule has 0 fully saturated rings. The zero-order valence-corrected chi connectivity index (χ0v) is 10.5. The van der Waals surface area contributed by atoms with E-state index in [2.05, 4.69) is 19.9 Å². The molecule has 0 bridgehead atoms. The van der Waals surface area contributed by atoms with Crippen LogP contribution in [-0.2, 0) is 30.2 Å². The van der Waals surface area contributed by atoms with Crippen LogP contribution in [0.25, 0.3) is 0 Å². The molecule has 0 aliphatic rings. The lowest BCUT2D eigenvalue weighted by atomic mass is 10.5. The highest BCUT2D eigenvalue weighted by Gasteiger charge is 2.17. The summed E-state index contributed by atoms with van der Waals surface area (Å²) in [5.74, 6) is 0.428. The van der Waals surface area contributed by atoms with Crippen molar-refractivity contribution in [2.24, 2.45) is 7.05 Å². The second-order valence-corrected chi connectivity index (χ2v) is 5.46. The molecule has 98 valence electrons.